The molecule has 1 aromatic carbocycles. The van der Waals surface area contributed by atoms with Crippen molar-refractivity contribution in [2.24, 2.45) is 0 Å². The first-order chi connectivity index (χ1) is 6.33. The molecule has 1 N–H and O–H groups in total. The van der Waals surface area contributed by atoms with Gasteiger partial charge in [0.2, 0.25) is 0 Å². The maximum atomic E-state index is 3.31. The zero-order valence-electron chi connectivity index (χ0n) is 8.43. The Labute approximate surface area is 80.2 Å². The molecule has 70 valence electrons. The van der Waals surface area contributed by atoms with Crippen molar-refractivity contribution in [2.45, 2.75) is 32.2 Å². The summed E-state index contributed by atoms with van der Waals surface area (Å²) in [5, 5.41) is 3.31. The second-order valence-electron chi connectivity index (χ2n) is 3.85. The number of benzene rings is 1. The van der Waals surface area contributed by atoms with Gasteiger partial charge in [-0.05, 0) is 49.9 Å². The van der Waals surface area contributed by atoms with Gasteiger partial charge in [0.05, 0.1) is 0 Å². The van der Waals surface area contributed by atoms with Gasteiger partial charge in [-0.25, -0.2) is 0 Å². The van der Waals surface area contributed by atoms with Crippen LogP contribution in [-0.4, -0.2) is 7.05 Å². The lowest BCUT2D eigenvalue weighted by Crippen LogP contribution is -2.14. The average molecular weight is 175 g/mol. The van der Waals surface area contributed by atoms with Crippen LogP contribution in [0.2, 0.25) is 0 Å². The molecule has 0 saturated heterocycles. The van der Waals surface area contributed by atoms with Crippen LogP contribution in [0.25, 0.3) is 0 Å². The number of fused-ring (bicyclic) bond motifs is 1. The first-order valence-corrected chi connectivity index (χ1v) is 5.11. The summed E-state index contributed by atoms with van der Waals surface area (Å²) in [5.74, 6) is 0. The molecule has 2 rings (SSSR count). The summed E-state index contributed by atoms with van der Waals surface area (Å²) < 4.78 is 0. The molecule has 0 radical (unpaired) electrons. The van der Waals surface area contributed by atoms with E-state index in [-0.39, 0.29) is 0 Å². The number of rotatable bonds is 2. The zero-order chi connectivity index (χ0) is 9.26. The van der Waals surface area contributed by atoms with Crippen LogP contribution in [0.4, 0.5) is 0 Å². The Kier molecular flexibility index (Phi) is 2.36. The number of nitrogens with one attached hydrogen (secondary N) is 1. The molecular formula is C12H17N. The summed E-state index contributed by atoms with van der Waals surface area (Å²) in [4.78, 5) is 0. The van der Waals surface area contributed by atoms with E-state index in [9.17, 15) is 0 Å². The monoisotopic (exact) mass is 175 g/mol. The van der Waals surface area contributed by atoms with Crippen LogP contribution in [0.5, 0.6) is 0 Å². The molecule has 0 fully saturated rings. The van der Waals surface area contributed by atoms with Crippen LogP contribution in [0, 0.1) is 0 Å². The Morgan fingerprint density at radius 1 is 1.31 bits per heavy atom. The fourth-order valence-electron chi connectivity index (χ4n) is 2.21. The number of aryl methyl sites for hydroxylation is 1. The van der Waals surface area contributed by atoms with Crippen molar-refractivity contribution in [3.8, 4) is 0 Å². The van der Waals surface area contributed by atoms with E-state index >= 15 is 0 Å². The quantitative estimate of drug-likeness (QED) is 0.728. The second-order valence-corrected chi connectivity index (χ2v) is 3.85. The number of hydrogen-bond acceptors (Lipinski definition) is 1. The molecule has 1 aliphatic rings. The number of hydrogen-bond donors (Lipinski definition) is 1. The van der Waals surface area contributed by atoms with Gasteiger partial charge in [0.1, 0.15) is 0 Å². The summed E-state index contributed by atoms with van der Waals surface area (Å²) in [6, 6.07) is 7.21. The molecule has 0 aliphatic heterocycles. The van der Waals surface area contributed by atoms with Crippen molar-refractivity contribution in [2.75, 3.05) is 7.05 Å². The Hall–Kier alpha value is -0.820. The van der Waals surface area contributed by atoms with Gasteiger partial charge < -0.3 is 5.32 Å². The van der Waals surface area contributed by atoms with Gasteiger partial charge >= 0.3 is 0 Å². The van der Waals surface area contributed by atoms with E-state index in [1.165, 1.54) is 24.8 Å². The Balaban J connectivity index is 2.41. The molecule has 1 aliphatic carbocycles. The summed E-state index contributed by atoms with van der Waals surface area (Å²) in [5.41, 5.74) is 4.67. The Bertz CT molecular complexity index is 304. The van der Waals surface area contributed by atoms with Crippen LogP contribution >= 0.6 is 0 Å². The molecule has 0 spiro atoms. The van der Waals surface area contributed by atoms with Crippen molar-refractivity contribution in [3.05, 3.63) is 34.9 Å². The zero-order valence-corrected chi connectivity index (χ0v) is 8.43. The van der Waals surface area contributed by atoms with Crippen molar-refractivity contribution in [3.63, 3.8) is 0 Å². The van der Waals surface area contributed by atoms with E-state index < -0.39 is 0 Å². The SMILES string of the molecule is CN[C@H](C)c1cccc2c1CCC2. The fourth-order valence-corrected chi connectivity index (χ4v) is 2.21. The largest absolute Gasteiger partial charge is 0.313 e. The van der Waals surface area contributed by atoms with E-state index in [1.807, 2.05) is 7.05 Å². The Morgan fingerprint density at radius 3 is 2.92 bits per heavy atom. The first-order valence-electron chi connectivity index (χ1n) is 5.11. The molecular weight excluding hydrogens is 158 g/mol. The molecule has 0 bridgehead atoms. The van der Waals surface area contributed by atoms with Crippen molar-refractivity contribution < 1.29 is 0 Å². The summed E-state index contributed by atoms with van der Waals surface area (Å²) in [6.45, 7) is 2.23. The molecule has 13 heavy (non-hydrogen) atoms. The van der Waals surface area contributed by atoms with Gasteiger partial charge in [-0.3, -0.25) is 0 Å². The summed E-state index contributed by atoms with van der Waals surface area (Å²) in [7, 11) is 2.03. The molecule has 1 nitrogen and oxygen atoms in total. The standard InChI is InChI=1S/C12H17N/c1-9(13-2)11-7-3-5-10-6-4-8-12(10)11/h3,5,7,9,13H,4,6,8H2,1-2H3/t9-/m1/s1. The molecule has 0 heterocycles. The lowest BCUT2D eigenvalue weighted by molar-refractivity contribution is 0.646. The van der Waals surface area contributed by atoms with Gasteiger partial charge in [-0.15, -0.1) is 0 Å². The van der Waals surface area contributed by atoms with Crippen LogP contribution in [0.15, 0.2) is 18.2 Å². The van der Waals surface area contributed by atoms with Gasteiger partial charge in [0, 0.05) is 6.04 Å². The maximum Gasteiger partial charge on any atom is 0.0291 e. The highest BCUT2D eigenvalue weighted by molar-refractivity contribution is 5.39. The predicted molar refractivity (Wildman–Crippen MR) is 55.9 cm³/mol. The molecule has 0 saturated carbocycles. The molecule has 1 atom stereocenters. The van der Waals surface area contributed by atoms with E-state index in [0.29, 0.717) is 6.04 Å². The van der Waals surface area contributed by atoms with Crippen molar-refractivity contribution in [1.29, 1.82) is 0 Å². The van der Waals surface area contributed by atoms with E-state index in [2.05, 4.69) is 30.4 Å². The molecule has 1 aromatic rings. The summed E-state index contributed by atoms with van der Waals surface area (Å²) in [6.07, 6.45) is 3.89. The third-order valence-electron chi connectivity index (χ3n) is 3.08. The van der Waals surface area contributed by atoms with Crippen LogP contribution in [0.3, 0.4) is 0 Å². The minimum Gasteiger partial charge on any atom is -0.313 e. The topological polar surface area (TPSA) is 12.0 Å². The predicted octanol–water partition coefficient (Wildman–Crippen LogP) is 2.46. The minimum atomic E-state index is 0.494. The highest BCUT2D eigenvalue weighted by atomic mass is 14.9. The van der Waals surface area contributed by atoms with Crippen molar-refractivity contribution >= 4 is 0 Å². The van der Waals surface area contributed by atoms with E-state index in [0.717, 1.165) is 0 Å². The summed E-state index contributed by atoms with van der Waals surface area (Å²) >= 11 is 0. The third-order valence-corrected chi connectivity index (χ3v) is 3.08. The third kappa shape index (κ3) is 1.49. The first kappa shape index (κ1) is 8.76. The van der Waals surface area contributed by atoms with Crippen LogP contribution in [-0.2, 0) is 12.8 Å². The van der Waals surface area contributed by atoms with Gasteiger partial charge in [0.15, 0.2) is 0 Å². The van der Waals surface area contributed by atoms with Gasteiger partial charge in [0.25, 0.3) is 0 Å². The van der Waals surface area contributed by atoms with Crippen LogP contribution in [0.1, 0.15) is 36.1 Å². The lowest BCUT2D eigenvalue weighted by atomic mass is 9.98. The van der Waals surface area contributed by atoms with Crippen LogP contribution < -0.4 is 5.32 Å². The molecule has 0 amide bonds. The van der Waals surface area contributed by atoms with Gasteiger partial charge in [-0.1, -0.05) is 18.2 Å². The fraction of sp³-hybridized carbons (Fsp3) is 0.500. The van der Waals surface area contributed by atoms with Gasteiger partial charge in [-0.2, -0.15) is 0 Å². The Morgan fingerprint density at radius 2 is 2.15 bits per heavy atom. The molecule has 0 unspecified atom stereocenters. The second kappa shape index (κ2) is 3.51. The lowest BCUT2D eigenvalue weighted by Gasteiger charge is -2.14. The maximum absolute atomic E-state index is 3.31. The highest BCUT2D eigenvalue weighted by Crippen LogP contribution is 2.28. The van der Waals surface area contributed by atoms with E-state index in [1.54, 1.807) is 11.1 Å². The highest BCUT2D eigenvalue weighted by Gasteiger charge is 2.16. The van der Waals surface area contributed by atoms with E-state index in [4.69, 9.17) is 0 Å². The normalized spacial score (nSPS) is 17.1. The average Bonchev–Trinajstić information content (AvgIpc) is 2.63. The molecule has 0 aromatic heterocycles. The minimum absolute atomic E-state index is 0.494. The smallest absolute Gasteiger partial charge is 0.0291 e. The van der Waals surface area contributed by atoms with Crippen molar-refractivity contribution in [1.82, 2.24) is 5.32 Å². The molecule has 1 heteroatoms.